The van der Waals surface area contributed by atoms with Gasteiger partial charge in [0.2, 0.25) is 0 Å². The monoisotopic (exact) mass is 670 g/mol. The van der Waals surface area contributed by atoms with E-state index in [0.717, 1.165) is 17.1 Å². The molecule has 0 N–H and O–H groups in total. The summed E-state index contributed by atoms with van der Waals surface area (Å²) in [6, 6.07) is 66.9. The van der Waals surface area contributed by atoms with Gasteiger partial charge in [-0.05, 0) is 122 Å². The van der Waals surface area contributed by atoms with E-state index in [1.165, 1.54) is 103 Å². The van der Waals surface area contributed by atoms with Crippen molar-refractivity contribution in [2.45, 2.75) is 0 Å². The molecule has 0 spiro atoms. The summed E-state index contributed by atoms with van der Waals surface area (Å²) in [6.45, 7) is 0. The lowest BCUT2D eigenvalue weighted by molar-refractivity contribution is 0.487. The van der Waals surface area contributed by atoms with E-state index in [9.17, 15) is 0 Å². The zero-order chi connectivity index (χ0) is 34.6. The Hall–Kier alpha value is -6.96. The summed E-state index contributed by atoms with van der Waals surface area (Å²) in [5, 5.41) is 17.7. The summed E-state index contributed by atoms with van der Waals surface area (Å²) in [5.41, 5.74) is 7.31. The van der Waals surface area contributed by atoms with Crippen molar-refractivity contribution < 1.29 is 4.74 Å². The average molecular weight is 671 g/mol. The SMILES string of the molecule is c1cc2c3c(cccc3c1)-c1cc(-c3c4ccccc4c(-c4cc5c6ccccc6c6ccccc6c5c5ccccc45)c4ccccc34)ccc1O2. The standard InChI is InChI=1S/C52H30O/c1-2-17-35-33(15-1)34-16-3-5-19-37(34)51-38-20-6-4-18-36(38)46(30-45(35)51)52-41-23-9-7-21-39(41)49(40-22-8-10-24-42(40)52)32-27-28-47-44(29-32)43-25-11-13-31-14-12-26-48(53-47)50(31)43/h1-30H. The number of hydrogen-bond donors (Lipinski definition) is 0. The Bertz CT molecular complexity index is 3310. The molecule has 12 rings (SSSR count). The largest absolute Gasteiger partial charge is 0.456 e. The topological polar surface area (TPSA) is 9.23 Å². The van der Waals surface area contributed by atoms with Crippen LogP contribution in [-0.2, 0) is 0 Å². The maximum atomic E-state index is 6.53. The van der Waals surface area contributed by atoms with E-state index in [4.69, 9.17) is 4.74 Å². The van der Waals surface area contributed by atoms with Crippen LogP contribution in [0.3, 0.4) is 0 Å². The Kier molecular flexibility index (Phi) is 5.84. The minimum Gasteiger partial charge on any atom is -0.456 e. The average Bonchev–Trinajstić information content (AvgIpc) is 3.22. The van der Waals surface area contributed by atoms with Crippen LogP contribution in [0.5, 0.6) is 11.5 Å². The molecule has 0 fully saturated rings. The molecule has 0 unspecified atom stereocenters. The Morgan fingerprint density at radius 1 is 0.264 bits per heavy atom. The molecule has 0 bridgehead atoms. The van der Waals surface area contributed by atoms with Gasteiger partial charge in [0.25, 0.3) is 0 Å². The number of ether oxygens (including phenoxy) is 1. The van der Waals surface area contributed by atoms with Gasteiger partial charge < -0.3 is 4.74 Å². The Labute approximate surface area is 305 Å². The van der Waals surface area contributed by atoms with Gasteiger partial charge in [-0.2, -0.15) is 0 Å². The highest BCUT2D eigenvalue weighted by Crippen LogP contribution is 2.51. The highest BCUT2D eigenvalue weighted by molar-refractivity contribution is 6.34. The van der Waals surface area contributed by atoms with Crippen LogP contribution < -0.4 is 4.74 Å². The second-order valence-corrected chi connectivity index (χ2v) is 14.3. The molecular formula is C52H30O. The lowest BCUT2D eigenvalue weighted by Gasteiger charge is -2.23. The summed E-state index contributed by atoms with van der Waals surface area (Å²) in [5.74, 6) is 1.81. The van der Waals surface area contributed by atoms with Crippen molar-refractivity contribution in [2.75, 3.05) is 0 Å². The molecule has 11 aromatic rings. The predicted molar refractivity (Wildman–Crippen MR) is 225 cm³/mol. The lowest BCUT2D eigenvalue weighted by Crippen LogP contribution is -1.98. The normalized spacial score (nSPS) is 12.3. The summed E-state index contributed by atoms with van der Waals surface area (Å²) < 4.78 is 6.53. The van der Waals surface area contributed by atoms with E-state index in [1.54, 1.807) is 0 Å². The second kappa shape index (κ2) is 10.8. The van der Waals surface area contributed by atoms with Crippen molar-refractivity contribution in [3.05, 3.63) is 182 Å². The Balaban J connectivity index is 1.20. The summed E-state index contributed by atoms with van der Waals surface area (Å²) >= 11 is 0. The van der Waals surface area contributed by atoms with Crippen LogP contribution in [0.15, 0.2) is 182 Å². The molecule has 0 radical (unpaired) electrons. The first kappa shape index (κ1) is 28.7. The van der Waals surface area contributed by atoms with Gasteiger partial charge in [-0.1, -0.05) is 158 Å². The van der Waals surface area contributed by atoms with Crippen molar-refractivity contribution in [3.63, 3.8) is 0 Å². The molecular weight excluding hydrogens is 641 g/mol. The molecule has 0 aromatic heterocycles. The van der Waals surface area contributed by atoms with E-state index >= 15 is 0 Å². The van der Waals surface area contributed by atoms with Gasteiger partial charge in [0.15, 0.2) is 0 Å². The van der Waals surface area contributed by atoms with Gasteiger partial charge in [-0.15, -0.1) is 0 Å². The van der Waals surface area contributed by atoms with Crippen LogP contribution in [0, 0.1) is 0 Å². The van der Waals surface area contributed by atoms with Gasteiger partial charge in [0, 0.05) is 10.9 Å². The quantitative estimate of drug-likeness (QED) is 0.131. The molecule has 0 saturated heterocycles. The molecule has 1 heteroatoms. The first-order chi connectivity index (χ1) is 26.3. The predicted octanol–water partition coefficient (Wildman–Crippen LogP) is 14.9. The van der Waals surface area contributed by atoms with E-state index < -0.39 is 0 Å². The Morgan fingerprint density at radius 2 is 0.774 bits per heavy atom. The molecule has 0 aliphatic carbocycles. The third-order valence-corrected chi connectivity index (χ3v) is 11.6. The number of fused-ring (bicyclic) bond motifs is 12. The van der Waals surface area contributed by atoms with Gasteiger partial charge in [0.05, 0.1) is 0 Å². The minimum atomic E-state index is 0.896. The number of benzene rings is 11. The molecule has 1 aliphatic rings. The van der Waals surface area contributed by atoms with Crippen molar-refractivity contribution in [3.8, 4) is 44.9 Å². The smallest absolute Gasteiger partial charge is 0.135 e. The van der Waals surface area contributed by atoms with Crippen LogP contribution in [0.2, 0.25) is 0 Å². The highest BCUT2D eigenvalue weighted by atomic mass is 16.5. The zero-order valence-corrected chi connectivity index (χ0v) is 28.7. The van der Waals surface area contributed by atoms with Crippen LogP contribution in [0.25, 0.3) is 109 Å². The third kappa shape index (κ3) is 3.97. The first-order valence-corrected chi connectivity index (χ1v) is 18.3. The molecule has 244 valence electrons. The molecule has 0 amide bonds. The van der Waals surface area contributed by atoms with Crippen LogP contribution in [0.1, 0.15) is 0 Å². The fraction of sp³-hybridized carbons (Fsp3) is 0. The summed E-state index contributed by atoms with van der Waals surface area (Å²) in [6.07, 6.45) is 0. The van der Waals surface area contributed by atoms with Crippen LogP contribution in [-0.4, -0.2) is 0 Å². The van der Waals surface area contributed by atoms with Crippen molar-refractivity contribution in [1.82, 2.24) is 0 Å². The van der Waals surface area contributed by atoms with Gasteiger partial charge in [0.1, 0.15) is 11.5 Å². The molecule has 0 saturated carbocycles. The maximum Gasteiger partial charge on any atom is 0.135 e. The second-order valence-electron chi connectivity index (χ2n) is 14.3. The summed E-state index contributed by atoms with van der Waals surface area (Å²) in [7, 11) is 0. The van der Waals surface area contributed by atoms with E-state index in [0.29, 0.717) is 0 Å². The molecule has 0 atom stereocenters. The highest BCUT2D eigenvalue weighted by Gasteiger charge is 2.24. The van der Waals surface area contributed by atoms with Crippen molar-refractivity contribution in [1.29, 1.82) is 0 Å². The third-order valence-electron chi connectivity index (χ3n) is 11.6. The molecule has 1 heterocycles. The molecule has 53 heavy (non-hydrogen) atoms. The van der Waals surface area contributed by atoms with E-state index in [-0.39, 0.29) is 0 Å². The lowest BCUT2D eigenvalue weighted by atomic mass is 9.82. The van der Waals surface area contributed by atoms with Crippen LogP contribution in [0.4, 0.5) is 0 Å². The van der Waals surface area contributed by atoms with Gasteiger partial charge in [-0.25, -0.2) is 0 Å². The van der Waals surface area contributed by atoms with Crippen molar-refractivity contribution >= 4 is 75.4 Å². The van der Waals surface area contributed by atoms with Gasteiger partial charge in [-0.3, -0.25) is 0 Å². The first-order valence-electron chi connectivity index (χ1n) is 18.3. The Morgan fingerprint density at radius 3 is 1.43 bits per heavy atom. The van der Waals surface area contributed by atoms with E-state index in [1.807, 2.05) is 0 Å². The number of rotatable bonds is 2. The molecule has 1 aliphatic heterocycles. The molecule has 1 nitrogen and oxygen atoms in total. The summed E-state index contributed by atoms with van der Waals surface area (Å²) in [4.78, 5) is 0. The fourth-order valence-electron chi connectivity index (χ4n) is 9.42. The van der Waals surface area contributed by atoms with Gasteiger partial charge >= 0.3 is 0 Å². The van der Waals surface area contributed by atoms with Crippen molar-refractivity contribution in [2.24, 2.45) is 0 Å². The van der Waals surface area contributed by atoms with Crippen LogP contribution >= 0.6 is 0 Å². The fourth-order valence-corrected chi connectivity index (χ4v) is 9.42. The maximum absolute atomic E-state index is 6.53. The van der Waals surface area contributed by atoms with E-state index in [2.05, 4.69) is 182 Å². The zero-order valence-electron chi connectivity index (χ0n) is 28.7. The molecule has 11 aromatic carbocycles. The minimum absolute atomic E-state index is 0.896. The number of hydrogen-bond acceptors (Lipinski definition) is 1.